The second kappa shape index (κ2) is 9.17. The van der Waals surface area contributed by atoms with Crippen molar-refractivity contribution >= 4 is 11.8 Å². The fourth-order valence-corrected chi connectivity index (χ4v) is 3.30. The summed E-state index contributed by atoms with van der Waals surface area (Å²) in [6, 6.07) is 10.0. The largest absolute Gasteiger partial charge is 0.356 e. The standard InChI is InChI=1S/C20H26N4O2/c25-19(11-14-22-20(26)17-4-1-2-5-17)21-13-10-16-6-8-18(9-7-16)24-15-3-12-23-24/h3,6-9,12,15,17H,1-2,4-5,10-11,13-14H2,(H,21,25)(H,22,26). The molecule has 0 atom stereocenters. The lowest BCUT2D eigenvalue weighted by molar-refractivity contribution is -0.125. The van der Waals surface area contributed by atoms with Gasteiger partial charge in [-0.15, -0.1) is 0 Å². The molecular formula is C20H26N4O2. The third kappa shape index (κ3) is 5.18. The van der Waals surface area contributed by atoms with Gasteiger partial charge in [0.1, 0.15) is 0 Å². The molecular weight excluding hydrogens is 328 g/mol. The molecule has 6 nitrogen and oxygen atoms in total. The molecule has 0 unspecified atom stereocenters. The lowest BCUT2D eigenvalue weighted by atomic mass is 10.1. The minimum Gasteiger partial charge on any atom is -0.356 e. The summed E-state index contributed by atoms with van der Waals surface area (Å²) in [5, 5.41) is 9.98. The van der Waals surface area contributed by atoms with Crippen LogP contribution < -0.4 is 10.6 Å². The summed E-state index contributed by atoms with van der Waals surface area (Å²) < 4.78 is 1.81. The van der Waals surface area contributed by atoms with Crippen LogP contribution in [0.2, 0.25) is 0 Å². The Morgan fingerprint density at radius 3 is 2.54 bits per heavy atom. The van der Waals surface area contributed by atoms with Gasteiger partial charge in [-0.05, 0) is 43.0 Å². The highest BCUT2D eigenvalue weighted by molar-refractivity contribution is 5.80. The van der Waals surface area contributed by atoms with Crippen molar-refractivity contribution in [3.05, 3.63) is 48.3 Å². The van der Waals surface area contributed by atoms with Gasteiger partial charge < -0.3 is 10.6 Å². The van der Waals surface area contributed by atoms with Crippen LogP contribution in [0.15, 0.2) is 42.7 Å². The Morgan fingerprint density at radius 2 is 1.85 bits per heavy atom. The molecule has 6 heteroatoms. The maximum atomic E-state index is 11.9. The monoisotopic (exact) mass is 354 g/mol. The highest BCUT2D eigenvalue weighted by atomic mass is 16.2. The van der Waals surface area contributed by atoms with Gasteiger partial charge in [0, 0.05) is 37.8 Å². The van der Waals surface area contributed by atoms with E-state index in [1.54, 1.807) is 6.20 Å². The Kier molecular flexibility index (Phi) is 6.41. The zero-order valence-electron chi connectivity index (χ0n) is 15.0. The minimum atomic E-state index is -0.0233. The van der Waals surface area contributed by atoms with Crippen LogP contribution in [-0.2, 0) is 16.0 Å². The quantitative estimate of drug-likeness (QED) is 0.763. The first-order valence-corrected chi connectivity index (χ1v) is 9.36. The number of hydrogen-bond donors (Lipinski definition) is 2. The molecule has 1 aliphatic carbocycles. The molecule has 0 spiro atoms. The third-order valence-electron chi connectivity index (χ3n) is 4.82. The Bertz CT molecular complexity index is 704. The number of carbonyl (C=O) groups excluding carboxylic acids is 2. The van der Waals surface area contributed by atoms with Crippen molar-refractivity contribution in [3.8, 4) is 5.69 Å². The van der Waals surface area contributed by atoms with Crippen LogP contribution >= 0.6 is 0 Å². The Labute approximate surface area is 154 Å². The molecule has 0 saturated heterocycles. The second-order valence-corrected chi connectivity index (χ2v) is 6.74. The van der Waals surface area contributed by atoms with Gasteiger partial charge in [0.25, 0.3) is 0 Å². The zero-order chi connectivity index (χ0) is 18.2. The third-order valence-corrected chi connectivity index (χ3v) is 4.82. The van der Waals surface area contributed by atoms with Gasteiger partial charge in [-0.3, -0.25) is 9.59 Å². The molecule has 138 valence electrons. The maximum absolute atomic E-state index is 11.9. The number of nitrogens with one attached hydrogen (secondary N) is 2. The predicted octanol–water partition coefficient (Wildman–Crippen LogP) is 2.23. The van der Waals surface area contributed by atoms with Crippen LogP contribution in [0.5, 0.6) is 0 Å². The Morgan fingerprint density at radius 1 is 1.08 bits per heavy atom. The predicted molar refractivity (Wildman–Crippen MR) is 99.9 cm³/mol. The van der Waals surface area contributed by atoms with Gasteiger partial charge >= 0.3 is 0 Å². The summed E-state index contributed by atoms with van der Waals surface area (Å²) >= 11 is 0. The average molecular weight is 354 g/mol. The minimum absolute atomic E-state index is 0.0233. The van der Waals surface area contributed by atoms with E-state index in [0.29, 0.717) is 19.5 Å². The smallest absolute Gasteiger partial charge is 0.223 e. The summed E-state index contributed by atoms with van der Waals surface area (Å²) in [6.45, 7) is 1.01. The molecule has 0 radical (unpaired) electrons. The van der Waals surface area contributed by atoms with Gasteiger partial charge in [-0.2, -0.15) is 5.10 Å². The molecule has 1 fully saturated rings. The van der Waals surface area contributed by atoms with Gasteiger partial charge in [-0.25, -0.2) is 4.68 Å². The van der Waals surface area contributed by atoms with Crippen molar-refractivity contribution in [1.29, 1.82) is 0 Å². The van der Waals surface area contributed by atoms with Gasteiger partial charge in [-0.1, -0.05) is 25.0 Å². The lowest BCUT2D eigenvalue weighted by Gasteiger charge is -2.10. The molecule has 1 aliphatic rings. The molecule has 3 rings (SSSR count). The number of hydrogen-bond acceptors (Lipinski definition) is 3. The Hall–Kier alpha value is -2.63. The number of rotatable bonds is 8. The van der Waals surface area contributed by atoms with Gasteiger partial charge in [0.05, 0.1) is 5.69 Å². The molecule has 2 aromatic rings. The van der Waals surface area contributed by atoms with Crippen molar-refractivity contribution < 1.29 is 9.59 Å². The zero-order valence-corrected chi connectivity index (χ0v) is 15.0. The average Bonchev–Trinajstić information content (AvgIpc) is 3.36. The van der Waals surface area contributed by atoms with Crippen molar-refractivity contribution in [2.75, 3.05) is 13.1 Å². The summed E-state index contributed by atoms with van der Waals surface area (Å²) in [7, 11) is 0. The van der Waals surface area contributed by atoms with Gasteiger partial charge in [0.15, 0.2) is 0 Å². The van der Waals surface area contributed by atoms with Crippen LogP contribution in [0.25, 0.3) is 5.69 Å². The first-order chi connectivity index (χ1) is 12.7. The fourth-order valence-electron chi connectivity index (χ4n) is 3.30. The van der Waals surface area contributed by atoms with Crippen LogP contribution in [0.4, 0.5) is 0 Å². The molecule has 0 bridgehead atoms. The van der Waals surface area contributed by atoms with Crippen LogP contribution in [-0.4, -0.2) is 34.7 Å². The van der Waals surface area contributed by atoms with E-state index in [9.17, 15) is 9.59 Å². The number of nitrogens with zero attached hydrogens (tertiary/aromatic N) is 2. The molecule has 26 heavy (non-hydrogen) atoms. The number of carbonyl (C=O) groups is 2. The van der Waals surface area contributed by atoms with E-state index < -0.39 is 0 Å². The van der Waals surface area contributed by atoms with E-state index in [4.69, 9.17) is 0 Å². The highest BCUT2D eigenvalue weighted by Gasteiger charge is 2.22. The van der Waals surface area contributed by atoms with E-state index in [1.807, 2.05) is 41.2 Å². The summed E-state index contributed by atoms with van der Waals surface area (Å²) in [5.74, 6) is 0.236. The number of benzene rings is 1. The summed E-state index contributed by atoms with van der Waals surface area (Å²) in [6.07, 6.45) is 9.01. The van der Waals surface area contributed by atoms with Crippen molar-refractivity contribution in [2.45, 2.75) is 38.5 Å². The maximum Gasteiger partial charge on any atom is 0.223 e. The number of aromatic nitrogens is 2. The molecule has 2 amide bonds. The molecule has 1 heterocycles. The molecule has 1 aromatic heterocycles. The number of amides is 2. The fraction of sp³-hybridized carbons (Fsp3) is 0.450. The first-order valence-electron chi connectivity index (χ1n) is 9.36. The van der Waals surface area contributed by atoms with E-state index in [0.717, 1.165) is 43.4 Å². The van der Waals surface area contributed by atoms with Crippen LogP contribution in [0.3, 0.4) is 0 Å². The molecule has 1 aromatic carbocycles. The SMILES string of the molecule is O=C(CCNC(=O)C1CCCC1)NCCc1ccc(-n2cccn2)cc1. The first kappa shape index (κ1) is 18.2. The molecule has 1 saturated carbocycles. The molecule has 2 N–H and O–H groups in total. The van der Waals surface area contributed by atoms with Crippen molar-refractivity contribution in [1.82, 2.24) is 20.4 Å². The lowest BCUT2D eigenvalue weighted by Crippen LogP contribution is -2.34. The summed E-state index contributed by atoms with van der Waals surface area (Å²) in [5.41, 5.74) is 2.18. The normalized spacial score (nSPS) is 14.3. The van der Waals surface area contributed by atoms with E-state index in [2.05, 4.69) is 15.7 Å². The van der Waals surface area contributed by atoms with Crippen LogP contribution in [0, 0.1) is 5.92 Å². The van der Waals surface area contributed by atoms with E-state index in [1.165, 1.54) is 0 Å². The van der Waals surface area contributed by atoms with E-state index >= 15 is 0 Å². The Balaban J connectivity index is 1.31. The van der Waals surface area contributed by atoms with Crippen molar-refractivity contribution in [2.24, 2.45) is 5.92 Å². The molecule has 0 aliphatic heterocycles. The van der Waals surface area contributed by atoms with Crippen LogP contribution in [0.1, 0.15) is 37.7 Å². The van der Waals surface area contributed by atoms with Crippen molar-refractivity contribution in [3.63, 3.8) is 0 Å². The second-order valence-electron chi connectivity index (χ2n) is 6.74. The summed E-state index contributed by atoms with van der Waals surface area (Å²) in [4.78, 5) is 23.8. The topological polar surface area (TPSA) is 76.0 Å². The van der Waals surface area contributed by atoms with E-state index in [-0.39, 0.29) is 17.7 Å². The highest BCUT2D eigenvalue weighted by Crippen LogP contribution is 2.24. The van der Waals surface area contributed by atoms with Gasteiger partial charge in [0.2, 0.25) is 11.8 Å².